The van der Waals surface area contributed by atoms with Crippen molar-refractivity contribution in [3.05, 3.63) is 0 Å². The SMILES string of the molecule is CCNC1CCN(C2CCC(C)(C)CC2)C(C)C1C. The molecule has 0 bridgehead atoms. The summed E-state index contributed by atoms with van der Waals surface area (Å²) in [5.41, 5.74) is 0.591. The lowest BCUT2D eigenvalue weighted by Gasteiger charge is -2.49. The summed E-state index contributed by atoms with van der Waals surface area (Å²) in [5, 5.41) is 3.67. The molecule has 1 aliphatic heterocycles. The molecule has 0 amide bonds. The van der Waals surface area contributed by atoms with Crippen molar-refractivity contribution in [1.82, 2.24) is 10.2 Å². The van der Waals surface area contributed by atoms with E-state index < -0.39 is 0 Å². The Labute approximate surface area is 120 Å². The van der Waals surface area contributed by atoms with Crippen molar-refractivity contribution >= 4 is 0 Å². The van der Waals surface area contributed by atoms with Crippen molar-refractivity contribution in [3.63, 3.8) is 0 Å². The van der Waals surface area contributed by atoms with Gasteiger partial charge in [0.15, 0.2) is 0 Å². The maximum atomic E-state index is 3.67. The minimum Gasteiger partial charge on any atom is -0.314 e. The van der Waals surface area contributed by atoms with Gasteiger partial charge in [0, 0.05) is 24.7 Å². The summed E-state index contributed by atoms with van der Waals surface area (Å²) in [6.07, 6.45) is 6.98. The molecule has 2 rings (SSSR count). The molecule has 1 aliphatic carbocycles. The number of piperidine rings is 1. The molecule has 0 aromatic heterocycles. The Morgan fingerprint density at radius 2 is 1.74 bits per heavy atom. The van der Waals surface area contributed by atoms with Gasteiger partial charge in [-0.2, -0.15) is 0 Å². The number of hydrogen-bond acceptors (Lipinski definition) is 2. The second-order valence-electron chi connectivity index (χ2n) is 7.69. The van der Waals surface area contributed by atoms with Crippen LogP contribution in [0.1, 0.15) is 66.7 Å². The van der Waals surface area contributed by atoms with E-state index in [2.05, 4.69) is 44.8 Å². The average Bonchev–Trinajstić information content (AvgIpc) is 2.36. The van der Waals surface area contributed by atoms with Crippen LogP contribution in [0.5, 0.6) is 0 Å². The fourth-order valence-electron chi connectivity index (χ4n) is 4.17. The van der Waals surface area contributed by atoms with Crippen LogP contribution in [0.25, 0.3) is 0 Å². The second kappa shape index (κ2) is 6.13. The highest BCUT2D eigenvalue weighted by atomic mass is 15.2. The Balaban J connectivity index is 1.92. The van der Waals surface area contributed by atoms with E-state index in [-0.39, 0.29) is 0 Å². The summed E-state index contributed by atoms with van der Waals surface area (Å²) in [4.78, 5) is 2.83. The van der Waals surface area contributed by atoms with E-state index >= 15 is 0 Å². The van der Waals surface area contributed by atoms with Crippen LogP contribution in [0.15, 0.2) is 0 Å². The van der Waals surface area contributed by atoms with Crippen LogP contribution in [0.2, 0.25) is 0 Å². The smallest absolute Gasteiger partial charge is 0.0120 e. The molecule has 1 saturated carbocycles. The summed E-state index contributed by atoms with van der Waals surface area (Å²) < 4.78 is 0. The normalized spacial score (nSPS) is 37.4. The molecule has 0 spiro atoms. The van der Waals surface area contributed by atoms with Gasteiger partial charge in [-0.1, -0.05) is 27.7 Å². The highest BCUT2D eigenvalue weighted by Crippen LogP contribution is 2.39. The highest BCUT2D eigenvalue weighted by Gasteiger charge is 2.37. The van der Waals surface area contributed by atoms with Crippen LogP contribution < -0.4 is 5.32 Å². The molecule has 1 heterocycles. The topological polar surface area (TPSA) is 15.3 Å². The zero-order valence-corrected chi connectivity index (χ0v) is 13.7. The lowest BCUT2D eigenvalue weighted by molar-refractivity contribution is 0.0168. The van der Waals surface area contributed by atoms with Crippen LogP contribution in [0.4, 0.5) is 0 Å². The maximum absolute atomic E-state index is 3.67. The monoisotopic (exact) mass is 266 g/mol. The Bertz CT molecular complexity index is 277. The van der Waals surface area contributed by atoms with E-state index in [9.17, 15) is 0 Å². The van der Waals surface area contributed by atoms with Gasteiger partial charge in [-0.05, 0) is 56.9 Å². The predicted octanol–water partition coefficient (Wildman–Crippen LogP) is 3.66. The fourth-order valence-corrected chi connectivity index (χ4v) is 4.17. The van der Waals surface area contributed by atoms with Gasteiger partial charge in [-0.25, -0.2) is 0 Å². The minimum atomic E-state index is 0.591. The number of nitrogens with one attached hydrogen (secondary N) is 1. The molecule has 2 aliphatic rings. The highest BCUT2D eigenvalue weighted by molar-refractivity contribution is 4.93. The number of rotatable bonds is 3. The lowest BCUT2D eigenvalue weighted by Crippen LogP contribution is -2.57. The van der Waals surface area contributed by atoms with Crippen LogP contribution in [0, 0.1) is 11.3 Å². The van der Waals surface area contributed by atoms with Gasteiger partial charge >= 0.3 is 0 Å². The van der Waals surface area contributed by atoms with Gasteiger partial charge < -0.3 is 5.32 Å². The van der Waals surface area contributed by atoms with Crippen molar-refractivity contribution in [2.24, 2.45) is 11.3 Å². The molecule has 2 heteroatoms. The van der Waals surface area contributed by atoms with Gasteiger partial charge in [0.2, 0.25) is 0 Å². The molecular weight excluding hydrogens is 232 g/mol. The van der Waals surface area contributed by atoms with Crippen LogP contribution in [-0.4, -0.2) is 36.1 Å². The summed E-state index contributed by atoms with van der Waals surface area (Å²) in [7, 11) is 0. The third-order valence-corrected chi connectivity index (χ3v) is 5.86. The van der Waals surface area contributed by atoms with Crippen molar-refractivity contribution in [2.45, 2.75) is 84.8 Å². The first-order valence-electron chi connectivity index (χ1n) is 8.44. The van der Waals surface area contributed by atoms with E-state index in [1.54, 1.807) is 0 Å². The third kappa shape index (κ3) is 3.52. The van der Waals surface area contributed by atoms with E-state index in [1.807, 2.05) is 0 Å². The quantitative estimate of drug-likeness (QED) is 0.838. The number of nitrogens with zero attached hydrogens (tertiary/aromatic N) is 1. The van der Waals surface area contributed by atoms with Crippen LogP contribution in [0.3, 0.4) is 0 Å². The molecule has 0 aromatic rings. The molecule has 1 N–H and O–H groups in total. The zero-order chi connectivity index (χ0) is 14.0. The molecular formula is C17H34N2. The molecule has 3 unspecified atom stereocenters. The zero-order valence-electron chi connectivity index (χ0n) is 13.7. The Morgan fingerprint density at radius 3 is 2.32 bits per heavy atom. The molecule has 0 aromatic carbocycles. The van der Waals surface area contributed by atoms with Gasteiger partial charge in [0.25, 0.3) is 0 Å². The minimum absolute atomic E-state index is 0.591. The van der Waals surface area contributed by atoms with Crippen molar-refractivity contribution in [2.75, 3.05) is 13.1 Å². The third-order valence-electron chi connectivity index (χ3n) is 5.86. The first kappa shape index (κ1) is 15.3. The first-order chi connectivity index (χ1) is 8.94. The standard InChI is InChI=1S/C17H34N2/c1-6-18-16-9-12-19(14(3)13(16)2)15-7-10-17(4,5)11-8-15/h13-16,18H,6-12H2,1-5H3. The van der Waals surface area contributed by atoms with E-state index in [4.69, 9.17) is 0 Å². The van der Waals surface area contributed by atoms with E-state index in [0.717, 1.165) is 30.6 Å². The first-order valence-corrected chi connectivity index (χ1v) is 8.44. The van der Waals surface area contributed by atoms with Gasteiger partial charge in [0.05, 0.1) is 0 Å². The largest absolute Gasteiger partial charge is 0.314 e. The molecule has 112 valence electrons. The Hall–Kier alpha value is -0.0800. The maximum Gasteiger partial charge on any atom is 0.0120 e. The molecule has 0 radical (unpaired) electrons. The second-order valence-corrected chi connectivity index (χ2v) is 7.69. The average molecular weight is 266 g/mol. The van der Waals surface area contributed by atoms with Crippen molar-refractivity contribution in [1.29, 1.82) is 0 Å². The summed E-state index contributed by atoms with van der Waals surface area (Å²) in [6, 6.07) is 2.33. The fraction of sp³-hybridized carbons (Fsp3) is 1.00. The van der Waals surface area contributed by atoms with Crippen LogP contribution >= 0.6 is 0 Å². The van der Waals surface area contributed by atoms with E-state index in [1.165, 1.54) is 38.6 Å². The molecule has 2 fully saturated rings. The van der Waals surface area contributed by atoms with Crippen molar-refractivity contribution < 1.29 is 0 Å². The molecule has 19 heavy (non-hydrogen) atoms. The molecule has 2 nitrogen and oxygen atoms in total. The van der Waals surface area contributed by atoms with Gasteiger partial charge in [0.1, 0.15) is 0 Å². The van der Waals surface area contributed by atoms with Crippen LogP contribution in [-0.2, 0) is 0 Å². The van der Waals surface area contributed by atoms with Crippen molar-refractivity contribution in [3.8, 4) is 0 Å². The summed E-state index contributed by atoms with van der Waals surface area (Å²) >= 11 is 0. The van der Waals surface area contributed by atoms with Gasteiger partial charge in [-0.3, -0.25) is 4.90 Å². The van der Waals surface area contributed by atoms with E-state index in [0.29, 0.717) is 5.41 Å². The number of likely N-dealkylation sites (tertiary alicyclic amines) is 1. The lowest BCUT2D eigenvalue weighted by atomic mass is 9.74. The summed E-state index contributed by atoms with van der Waals surface area (Å²) in [6.45, 7) is 14.4. The molecule has 3 atom stereocenters. The Morgan fingerprint density at radius 1 is 1.11 bits per heavy atom. The van der Waals surface area contributed by atoms with Gasteiger partial charge in [-0.15, -0.1) is 0 Å². The predicted molar refractivity (Wildman–Crippen MR) is 83.5 cm³/mol. The Kier molecular flexibility index (Phi) is 4.94. The number of hydrogen-bond donors (Lipinski definition) is 1. The molecule has 1 saturated heterocycles. The summed E-state index contributed by atoms with van der Waals surface area (Å²) in [5.74, 6) is 0.781.